The molecule has 0 spiro atoms. The van der Waals surface area contributed by atoms with Crippen molar-refractivity contribution in [1.29, 1.82) is 0 Å². The summed E-state index contributed by atoms with van der Waals surface area (Å²) in [4.78, 5) is 9.47. The van der Waals surface area contributed by atoms with Gasteiger partial charge in [0, 0.05) is 52.4 Å². The van der Waals surface area contributed by atoms with Gasteiger partial charge in [0.1, 0.15) is 0 Å². The Morgan fingerprint density at radius 3 is 2.56 bits per heavy atom. The number of hydrogen-bond acceptors (Lipinski definition) is 3. The molecule has 1 heterocycles. The first-order valence-electron chi connectivity index (χ1n) is 9.81. The molecule has 0 amide bonds. The van der Waals surface area contributed by atoms with Crippen LogP contribution in [0.25, 0.3) is 0 Å². The van der Waals surface area contributed by atoms with Crippen LogP contribution in [0, 0.1) is 0 Å². The molecule has 6 heteroatoms. The fourth-order valence-electron chi connectivity index (χ4n) is 3.59. The average molecular weight is 463 g/mol. The Morgan fingerprint density at radius 2 is 1.96 bits per heavy atom. The molecule has 0 radical (unpaired) electrons. The minimum atomic E-state index is 0. The summed E-state index contributed by atoms with van der Waals surface area (Å²) >= 11 is 0. The molecule has 1 fully saturated rings. The van der Waals surface area contributed by atoms with E-state index in [0.29, 0.717) is 6.04 Å². The van der Waals surface area contributed by atoms with Crippen molar-refractivity contribution in [2.24, 2.45) is 4.99 Å². The predicted octanol–water partition coefficient (Wildman–Crippen LogP) is 2.69. The van der Waals surface area contributed by atoms with Crippen molar-refractivity contribution in [2.75, 3.05) is 52.9 Å². The number of piperazine rings is 1. The van der Waals surface area contributed by atoms with Crippen LogP contribution in [0.1, 0.15) is 46.0 Å². The summed E-state index contributed by atoms with van der Waals surface area (Å²) in [7, 11) is 1.86. The van der Waals surface area contributed by atoms with Gasteiger partial charge in [-0.2, -0.15) is 0 Å². The zero-order valence-electron chi connectivity index (χ0n) is 16.4. The maximum Gasteiger partial charge on any atom is 0.191 e. The third-order valence-corrected chi connectivity index (χ3v) is 5.39. The van der Waals surface area contributed by atoms with E-state index in [-0.39, 0.29) is 24.0 Å². The first kappa shape index (κ1) is 22.7. The minimum absolute atomic E-state index is 0. The van der Waals surface area contributed by atoms with E-state index in [2.05, 4.69) is 45.3 Å². The molecule has 0 saturated carbocycles. The Kier molecular flexibility index (Phi) is 11.7. The van der Waals surface area contributed by atoms with Crippen molar-refractivity contribution in [3.63, 3.8) is 0 Å². The van der Waals surface area contributed by atoms with E-state index in [1.165, 1.54) is 58.4 Å². The lowest BCUT2D eigenvalue weighted by molar-refractivity contribution is 0.107. The second-order valence-electron chi connectivity index (χ2n) is 7.06. The van der Waals surface area contributed by atoms with Crippen molar-refractivity contribution >= 4 is 29.9 Å². The molecule has 1 atom stereocenters. The monoisotopic (exact) mass is 463 g/mol. The van der Waals surface area contributed by atoms with E-state index in [1.807, 2.05) is 7.05 Å². The Hall–Kier alpha value is -0.340. The molecule has 5 nitrogen and oxygen atoms in total. The van der Waals surface area contributed by atoms with Gasteiger partial charge in [-0.1, -0.05) is 18.6 Å². The van der Waals surface area contributed by atoms with Gasteiger partial charge in [-0.05, 0) is 45.6 Å². The van der Waals surface area contributed by atoms with E-state index in [1.54, 1.807) is 5.57 Å². The standard InChI is InChI=1S/C19H37N5.HI/c1-4-23-12-14-24(15-13-23)17(2)16-22-19(20-3)21-11-10-18-8-6-5-7-9-18;/h8,17H,4-7,9-16H2,1-3H3,(H2,20,21,22);1H. The Labute approximate surface area is 171 Å². The van der Waals surface area contributed by atoms with Crippen LogP contribution >= 0.6 is 24.0 Å². The molecule has 1 unspecified atom stereocenters. The van der Waals surface area contributed by atoms with Crippen molar-refractivity contribution in [1.82, 2.24) is 20.4 Å². The van der Waals surface area contributed by atoms with Gasteiger partial charge in [0.25, 0.3) is 0 Å². The number of hydrogen-bond donors (Lipinski definition) is 2. The molecule has 1 saturated heterocycles. The molecule has 2 N–H and O–H groups in total. The molecule has 2 aliphatic rings. The normalized spacial score (nSPS) is 21.2. The van der Waals surface area contributed by atoms with E-state index >= 15 is 0 Å². The Bertz CT molecular complexity index is 416. The number of rotatable bonds is 7. The van der Waals surface area contributed by atoms with Crippen LogP contribution in [0.3, 0.4) is 0 Å². The lowest BCUT2D eigenvalue weighted by atomic mass is 9.97. The predicted molar refractivity (Wildman–Crippen MR) is 119 cm³/mol. The smallest absolute Gasteiger partial charge is 0.191 e. The number of nitrogens with one attached hydrogen (secondary N) is 2. The van der Waals surface area contributed by atoms with Gasteiger partial charge in [-0.15, -0.1) is 24.0 Å². The van der Waals surface area contributed by atoms with Crippen LogP contribution < -0.4 is 10.6 Å². The number of aliphatic imine (C=N–C) groups is 1. The summed E-state index contributed by atoms with van der Waals surface area (Å²) in [6.07, 6.45) is 8.86. The van der Waals surface area contributed by atoms with E-state index in [9.17, 15) is 0 Å². The number of halogens is 1. The topological polar surface area (TPSA) is 42.9 Å². The van der Waals surface area contributed by atoms with Gasteiger partial charge in [0.2, 0.25) is 0 Å². The summed E-state index contributed by atoms with van der Waals surface area (Å²) < 4.78 is 0. The Balaban J connectivity index is 0.00000312. The highest BCUT2D eigenvalue weighted by Crippen LogP contribution is 2.19. The SMILES string of the molecule is CCN1CCN(C(C)CNC(=NC)NCCC2=CCCCC2)CC1.I. The second kappa shape index (κ2) is 12.9. The molecule has 1 aliphatic carbocycles. The van der Waals surface area contributed by atoms with Gasteiger partial charge in [0.15, 0.2) is 5.96 Å². The van der Waals surface area contributed by atoms with Crippen molar-refractivity contribution < 1.29 is 0 Å². The van der Waals surface area contributed by atoms with Crippen LogP contribution in [0.2, 0.25) is 0 Å². The minimum Gasteiger partial charge on any atom is -0.356 e. The number of nitrogens with zero attached hydrogens (tertiary/aromatic N) is 3. The van der Waals surface area contributed by atoms with Crippen molar-refractivity contribution in [3.05, 3.63) is 11.6 Å². The van der Waals surface area contributed by atoms with Crippen LogP contribution in [0.15, 0.2) is 16.6 Å². The first-order valence-corrected chi connectivity index (χ1v) is 9.81. The highest BCUT2D eigenvalue weighted by molar-refractivity contribution is 14.0. The first-order chi connectivity index (χ1) is 11.7. The highest BCUT2D eigenvalue weighted by atomic mass is 127. The summed E-state index contributed by atoms with van der Waals surface area (Å²) in [6, 6.07) is 0.545. The molecule has 0 bridgehead atoms. The number of likely N-dealkylation sites (N-methyl/N-ethyl adjacent to an activating group) is 1. The summed E-state index contributed by atoms with van der Waals surface area (Å²) in [5.41, 5.74) is 1.62. The number of guanidine groups is 1. The van der Waals surface area contributed by atoms with Gasteiger partial charge >= 0.3 is 0 Å². The quantitative estimate of drug-likeness (QED) is 0.264. The van der Waals surface area contributed by atoms with Crippen LogP contribution in [0.5, 0.6) is 0 Å². The van der Waals surface area contributed by atoms with E-state index in [4.69, 9.17) is 0 Å². The lowest BCUT2D eigenvalue weighted by Crippen LogP contribution is -2.53. The molecule has 1 aliphatic heterocycles. The molecule has 0 aromatic rings. The maximum absolute atomic E-state index is 4.36. The fraction of sp³-hybridized carbons (Fsp3) is 0.842. The van der Waals surface area contributed by atoms with Gasteiger partial charge in [0.05, 0.1) is 0 Å². The van der Waals surface area contributed by atoms with Gasteiger partial charge < -0.3 is 15.5 Å². The fourth-order valence-corrected chi connectivity index (χ4v) is 3.59. The zero-order valence-corrected chi connectivity index (χ0v) is 18.7. The second-order valence-corrected chi connectivity index (χ2v) is 7.06. The molecule has 25 heavy (non-hydrogen) atoms. The molecular weight excluding hydrogens is 425 g/mol. The summed E-state index contributed by atoms with van der Waals surface area (Å²) in [6.45, 7) is 12.4. The third-order valence-electron chi connectivity index (χ3n) is 5.39. The molecular formula is C19H38IN5. The Morgan fingerprint density at radius 1 is 1.20 bits per heavy atom. The van der Waals surface area contributed by atoms with Gasteiger partial charge in [-0.25, -0.2) is 0 Å². The van der Waals surface area contributed by atoms with Crippen LogP contribution in [-0.4, -0.2) is 74.7 Å². The summed E-state index contributed by atoms with van der Waals surface area (Å²) in [5.74, 6) is 0.936. The molecule has 0 aromatic carbocycles. The van der Waals surface area contributed by atoms with Gasteiger partial charge in [-0.3, -0.25) is 9.89 Å². The largest absolute Gasteiger partial charge is 0.356 e. The highest BCUT2D eigenvalue weighted by Gasteiger charge is 2.20. The maximum atomic E-state index is 4.36. The van der Waals surface area contributed by atoms with E-state index in [0.717, 1.165) is 25.5 Å². The zero-order chi connectivity index (χ0) is 17.2. The lowest BCUT2D eigenvalue weighted by Gasteiger charge is -2.37. The van der Waals surface area contributed by atoms with Crippen molar-refractivity contribution in [2.45, 2.75) is 52.0 Å². The van der Waals surface area contributed by atoms with E-state index < -0.39 is 0 Å². The molecule has 2 rings (SSSR count). The third kappa shape index (κ3) is 8.26. The summed E-state index contributed by atoms with van der Waals surface area (Å²) in [5, 5.41) is 6.96. The van der Waals surface area contributed by atoms with Crippen LogP contribution in [-0.2, 0) is 0 Å². The number of allylic oxidation sites excluding steroid dienone is 1. The van der Waals surface area contributed by atoms with Crippen LogP contribution in [0.4, 0.5) is 0 Å². The molecule has 146 valence electrons. The average Bonchev–Trinajstić information content (AvgIpc) is 2.65. The van der Waals surface area contributed by atoms with Crippen molar-refractivity contribution in [3.8, 4) is 0 Å². The molecule has 0 aromatic heterocycles.